The van der Waals surface area contributed by atoms with Gasteiger partial charge in [0, 0.05) is 18.6 Å². The van der Waals surface area contributed by atoms with E-state index in [9.17, 15) is 4.79 Å². The lowest BCUT2D eigenvalue weighted by Gasteiger charge is -2.00. The first-order chi connectivity index (χ1) is 9.11. The molecule has 5 heteroatoms. The van der Waals surface area contributed by atoms with Crippen LogP contribution >= 0.6 is 11.6 Å². The van der Waals surface area contributed by atoms with Gasteiger partial charge in [-0.05, 0) is 30.2 Å². The number of nitrogens with zero attached hydrogens (tertiary/aromatic N) is 2. The summed E-state index contributed by atoms with van der Waals surface area (Å²) in [6, 6.07) is 9.25. The summed E-state index contributed by atoms with van der Waals surface area (Å²) in [7, 11) is 1.82. The molecule has 0 aliphatic carbocycles. The molecule has 0 radical (unpaired) electrons. The maximum Gasteiger partial charge on any atom is 0.271 e. The minimum absolute atomic E-state index is 0.141. The number of carbonyl (C=O) groups is 1. The second kappa shape index (κ2) is 5.89. The molecule has 0 aliphatic rings. The van der Waals surface area contributed by atoms with Gasteiger partial charge >= 0.3 is 0 Å². The van der Waals surface area contributed by atoms with E-state index in [0.717, 1.165) is 17.7 Å². The minimum atomic E-state index is -0.141. The third-order valence-electron chi connectivity index (χ3n) is 2.79. The van der Waals surface area contributed by atoms with Gasteiger partial charge in [-0.1, -0.05) is 30.7 Å². The van der Waals surface area contributed by atoms with Crippen molar-refractivity contribution in [2.24, 2.45) is 7.05 Å². The zero-order chi connectivity index (χ0) is 13.8. The molecule has 0 saturated heterocycles. The van der Waals surface area contributed by atoms with E-state index in [1.165, 1.54) is 0 Å². The number of hydrogen-bond acceptors (Lipinski definition) is 2. The Morgan fingerprint density at radius 3 is 2.68 bits per heavy atom. The summed E-state index contributed by atoms with van der Waals surface area (Å²) >= 11 is 5.87. The van der Waals surface area contributed by atoms with Crippen LogP contribution in [0.25, 0.3) is 11.3 Å². The Hall–Kier alpha value is -1.81. The van der Waals surface area contributed by atoms with E-state index in [2.05, 4.69) is 10.4 Å². The molecule has 4 nitrogen and oxygen atoms in total. The molecule has 1 amide bonds. The van der Waals surface area contributed by atoms with Crippen molar-refractivity contribution in [1.82, 2.24) is 15.1 Å². The summed E-state index contributed by atoms with van der Waals surface area (Å²) in [5.74, 6) is -0.141. The fourth-order valence-corrected chi connectivity index (χ4v) is 1.92. The van der Waals surface area contributed by atoms with Gasteiger partial charge < -0.3 is 5.32 Å². The van der Waals surface area contributed by atoms with Gasteiger partial charge in [0.15, 0.2) is 5.69 Å². The molecule has 100 valence electrons. The van der Waals surface area contributed by atoms with E-state index < -0.39 is 0 Å². The van der Waals surface area contributed by atoms with Gasteiger partial charge in [0.2, 0.25) is 0 Å². The fraction of sp³-hybridized carbons (Fsp3) is 0.286. The molecule has 0 atom stereocenters. The van der Waals surface area contributed by atoms with Crippen LogP contribution in [0.2, 0.25) is 5.02 Å². The van der Waals surface area contributed by atoms with Crippen molar-refractivity contribution >= 4 is 17.5 Å². The van der Waals surface area contributed by atoms with Gasteiger partial charge in [0.25, 0.3) is 5.91 Å². The number of carbonyl (C=O) groups excluding carboxylic acids is 1. The summed E-state index contributed by atoms with van der Waals surface area (Å²) in [4.78, 5) is 11.8. The first-order valence-electron chi connectivity index (χ1n) is 6.20. The third-order valence-corrected chi connectivity index (χ3v) is 3.04. The fourth-order valence-electron chi connectivity index (χ4n) is 1.80. The van der Waals surface area contributed by atoms with Crippen LogP contribution in [0.3, 0.4) is 0 Å². The molecule has 0 bridgehead atoms. The molecule has 0 fully saturated rings. The SMILES string of the molecule is CCCNC(=O)c1cc(-c2ccc(Cl)cc2)n(C)n1. The zero-order valence-corrected chi connectivity index (χ0v) is 11.7. The molecule has 2 rings (SSSR count). The lowest BCUT2D eigenvalue weighted by atomic mass is 10.1. The van der Waals surface area contributed by atoms with Crippen LogP contribution in [0.4, 0.5) is 0 Å². The average Bonchev–Trinajstić information content (AvgIpc) is 2.79. The van der Waals surface area contributed by atoms with Crippen LogP contribution < -0.4 is 5.32 Å². The first-order valence-corrected chi connectivity index (χ1v) is 6.57. The van der Waals surface area contributed by atoms with Crippen LogP contribution in [0.5, 0.6) is 0 Å². The highest BCUT2D eigenvalue weighted by Crippen LogP contribution is 2.21. The Labute approximate surface area is 117 Å². The predicted octanol–water partition coefficient (Wildman–Crippen LogP) is 2.88. The Balaban J connectivity index is 2.26. The Morgan fingerprint density at radius 2 is 2.05 bits per heavy atom. The zero-order valence-electron chi connectivity index (χ0n) is 11.0. The van der Waals surface area contributed by atoms with Crippen LogP contribution in [0.15, 0.2) is 30.3 Å². The highest BCUT2D eigenvalue weighted by atomic mass is 35.5. The molecule has 1 heterocycles. The number of nitrogens with one attached hydrogen (secondary N) is 1. The Kier molecular flexibility index (Phi) is 4.22. The van der Waals surface area contributed by atoms with Gasteiger partial charge in [-0.25, -0.2) is 0 Å². The Morgan fingerprint density at radius 1 is 1.37 bits per heavy atom. The summed E-state index contributed by atoms with van der Waals surface area (Å²) in [6.45, 7) is 2.67. The molecule has 0 spiro atoms. The van der Waals surface area contributed by atoms with Crippen molar-refractivity contribution < 1.29 is 4.79 Å². The second-order valence-corrected chi connectivity index (χ2v) is 4.74. The molecular formula is C14H16ClN3O. The van der Waals surface area contributed by atoms with Crippen LogP contribution in [-0.2, 0) is 7.05 Å². The average molecular weight is 278 g/mol. The second-order valence-electron chi connectivity index (χ2n) is 4.30. The van der Waals surface area contributed by atoms with Gasteiger partial charge in [-0.15, -0.1) is 0 Å². The monoisotopic (exact) mass is 277 g/mol. The number of amides is 1. The predicted molar refractivity (Wildman–Crippen MR) is 76.3 cm³/mol. The molecule has 0 saturated carbocycles. The molecule has 1 aromatic heterocycles. The minimum Gasteiger partial charge on any atom is -0.351 e. The largest absolute Gasteiger partial charge is 0.351 e. The third kappa shape index (κ3) is 3.15. The normalized spacial score (nSPS) is 10.5. The first kappa shape index (κ1) is 13.6. The van der Waals surface area contributed by atoms with Gasteiger partial charge in [-0.2, -0.15) is 5.10 Å². The van der Waals surface area contributed by atoms with Crippen LogP contribution in [0.1, 0.15) is 23.8 Å². The van der Waals surface area contributed by atoms with Crippen molar-refractivity contribution in [3.63, 3.8) is 0 Å². The van der Waals surface area contributed by atoms with Gasteiger partial charge in [0.05, 0.1) is 5.69 Å². The van der Waals surface area contributed by atoms with Crippen molar-refractivity contribution in [3.05, 3.63) is 41.0 Å². The molecule has 0 aliphatic heterocycles. The Bertz CT molecular complexity index is 575. The molecule has 2 aromatic rings. The number of hydrogen-bond donors (Lipinski definition) is 1. The molecule has 19 heavy (non-hydrogen) atoms. The van der Waals surface area contributed by atoms with Crippen molar-refractivity contribution in [1.29, 1.82) is 0 Å². The van der Waals surface area contributed by atoms with Crippen molar-refractivity contribution in [3.8, 4) is 11.3 Å². The maximum absolute atomic E-state index is 11.8. The summed E-state index contributed by atoms with van der Waals surface area (Å²) < 4.78 is 1.70. The van der Waals surface area contributed by atoms with E-state index in [4.69, 9.17) is 11.6 Å². The topological polar surface area (TPSA) is 46.9 Å². The highest BCUT2D eigenvalue weighted by Gasteiger charge is 2.13. The smallest absolute Gasteiger partial charge is 0.271 e. The summed E-state index contributed by atoms with van der Waals surface area (Å²) in [5, 5.41) is 7.73. The van der Waals surface area contributed by atoms with E-state index in [0.29, 0.717) is 17.3 Å². The molecule has 1 aromatic carbocycles. The number of benzene rings is 1. The maximum atomic E-state index is 11.8. The van der Waals surface area contributed by atoms with E-state index in [1.807, 2.05) is 38.2 Å². The van der Waals surface area contributed by atoms with Gasteiger partial charge in [-0.3, -0.25) is 9.48 Å². The van der Waals surface area contributed by atoms with E-state index in [1.54, 1.807) is 10.7 Å². The number of aromatic nitrogens is 2. The molecular weight excluding hydrogens is 262 g/mol. The summed E-state index contributed by atoms with van der Waals surface area (Å²) in [6.07, 6.45) is 0.905. The summed E-state index contributed by atoms with van der Waals surface area (Å²) in [5.41, 5.74) is 2.30. The highest BCUT2D eigenvalue weighted by molar-refractivity contribution is 6.30. The number of rotatable bonds is 4. The van der Waals surface area contributed by atoms with Crippen LogP contribution in [-0.4, -0.2) is 22.2 Å². The lowest BCUT2D eigenvalue weighted by molar-refractivity contribution is 0.0948. The van der Waals surface area contributed by atoms with Crippen LogP contribution in [0, 0.1) is 0 Å². The van der Waals surface area contributed by atoms with E-state index >= 15 is 0 Å². The molecule has 1 N–H and O–H groups in total. The van der Waals surface area contributed by atoms with Crippen molar-refractivity contribution in [2.45, 2.75) is 13.3 Å². The van der Waals surface area contributed by atoms with E-state index in [-0.39, 0.29) is 5.91 Å². The quantitative estimate of drug-likeness (QED) is 0.934. The number of aryl methyl sites for hydroxylation is 1. The van der Waals surface area contributed by atoms with Crippen molar-refractivity contribution in [2.75, 3.05) is 6.54 Å². The van der Waals surface area contributed by atoms with Gasteiger partial charge in [0.1, 0.15) is 0 Å². The number of halogens is 1. The standard InChI is InChI=1S/C14H16ClN3O/c1-3-8-16-14(19)12-9-13(18(2)17-12)10-4-6-11(15)7-5-10/h4-7,9H,3,8H2,1-2H3,(H,16,19). The molecule has 0 unspecified atom stereocenters. The lowest BCUT2D eigenvalue weighted by Crippen LogP contribution is -2.24.